The number of rotatable bonds is 4. The average molecular weight is 344 g/mol. The van der Waals surface area contributed by atoms with Crippen LogP contribution in [-0.4, -0.2) is 47.8 Å². The molecule has 4 nitrogen and oxygen atoms in total. The van der Waals surface area contributed by atoms with E-state index < -0.39 is 11.6 Å². The van der Waals surface area contributed by atoms with Crippen molar-refractivity contribution in [3.05, 3.63) is 35.9 Å². The van der Waals surface area contributed by atoms with Crippen LogP contribution in [0.25, 0.3) is 0 Å². The molecular formula is C21H30NO3+. The Hall–Kier alpha value is -1.39. The van der Waals surface area contributed by atoms with Crippen LogP contribution >= 0.6 is 0 Å². The maximum Gasteiger partial charge on any atom is 0.343 e. The molecule has 1 aromatic carbocycles. The van der Waals surface area contributed by atoms with Gasteiger partial charge in [-0.15, -0.1) is 0 Å². The number of quaternary nitrogens is 1. The van der Waals surface area contributed by atoms with Crippen molar-refractivity contribution in [1.82, 2.24) is 0 Å². The summed E-state index contributed by atoms with van der Waals surface area (Å²) in [6, 6.07) is 10.4. The van der Waals surface area contributed by atoms with E-state index in [0.717, 1.165) is 43.0 Å². The number of ether oxygens (including phenoxy) is 1. The topological polar surface area (TPSA) is 46.5 Å². The van der Waals surface area contributed by atoms with Gasteiger partial charge in [-0.25, -0.2) is 4.79 Å². The number of hydrogen-bond donors (Lipinski definition) is 1. The number of esters is 1. The molecule has 2 saturated heterocycles. The largest absolute Gasteiger partial charge is 0.453 e. The summed E-state index contributed by atoms with van der Waals surface area (Å²) in [5, 5.41) is 11.5. The SMILES string of the molecule is C[N+]1(C)[C@@H]2CC[C@H]1[C@H](OC(=O)[C@](O)(c1ccccc1)C1CCCC1)C2. The van der Waals surface area contributed by atoms with Crippen molar-refractivity contribution in [2.75, 3.05) is 14.1 Å². The monoisotopic (exact) mass is 344 g/mol. The molecule has 0 aromatic heterocycles. The standard InChI is InChI=1S/C21H30NO3/c1-22(2)17-12-13-18(22)19(14-17)25-20(23)21(24,16-10-6-7-11-16)15-8-4-3-5-9-15/h3-5,8-9,16-19,24H,6-7,10-14H2,1-2H3/q+1/t17-,18+,19-,21+/m1/s1. The second kappa shape index (κ2) is 6.10. The molecule has 4 heteroatoms. The Morgan fingerprint density at radius 3 is 2.36 bits per heavy atom. The highest BCUT2D eigenvalue weighted by molar-refractivity contribution is 5.82. The number of carbonyl (C=O) groups excluding carboxylic acids is 1. The number of hydrogen-bond acceptors (Lipinski definition) is 3. The summed E-state index contributed by atoms with van der Waals surface area (Å²) >= 11 is 0. The molecule has 0 amide bonds. The van der Waals surface area contributed by atoms with Crippen LogP contribution in [0.15, 0.2) is 30.3 Å². The number of aliphatic hydroxyl groups is 1. The lowest BCUT2D eigenvalue weighted by atomic mass is 9.80. The van der Waals surface area contributed by atoms with E-state index in [9.17, 15) is 9.90 Å². The minimum Gasteiger partial charge on any atom is -0.453 e. The summed E-state index contributed by atoms with van der Waals surface area (Å²) in [4.78, 5) is 13.2. The zero-order valence-corrected chi connectivity index (χ0v) is 15.4. The maximum absolute atomic E-state index is 13.2. The number of benzene rings is 1. The predicted molar refractivity (Wildman–Crippen MR) is 95.7 cm³/mol. The van der Waals surface area contributed by atoms with E-state index in [1.165, 1.54) is 6.42 Å². The second-order valence-electron chi connectivity index (χ2n) is 8.72. The first kappa shape index (κ1) is 17.0. The minimum absolute atomic E-state index is 0.0384. The summed E-state index contributed by atoms with van der Waals surface area (Å²) in [6.45, 7) is 0. The minimum atomic E-state index is -1.50. The lowest BCUT2D eigenvalue weighted by Crippen LogP contribution is -2.49. The van der Waals surface area contributed by atoms with Crippen molar-refractivity contribution >= 4 is 5.97 Å². The maximum atomic E-state index is 13.2. The summed E-state index contributed by atoms with van der Waals surface area (Å²) < 4.78 is 6.96. The van der Waals surface area contributed by atoms with E-state index in [1.807, 2.05) is 30.3 Å². The highest BCUT2D eigenvalue weighted by Crippen LogP contribution is 2.46. The van der Waals surface area contributed by atoms with Gasteiger partial charge in [0.15, 0.2) is 11.7 Å². The third kappa shape index (κ3) is 2.61. The molecule has 1 aliphatic carbocycles. The van der Waals surface area contributed by atoms with Crippen molar-refractivity contribution in [3.8, 4) is 0 Å². The Bertz CT molecular complexity index is 638. The molecule has 3 aliphatic rings. The van der Waals surface area contributed by atoms with Gasteiger partial charge in [0.25, 0.3) is 0 Å². The first-order chi connectivity index (χ1) is 11.9. The van der Waals surface area contributed by atoms with Crippen LogP contribution in [0.2, 0.25) is 0 Å². The third-order valence-corrected chi connectivity index (χ3v) is 7.25. The van der Waals surface area contributed by atoms with Gasteiger partial charge in [0, 0.05) is 25.2 Å². The van der Waals surface area contributed by atoms with Crippen molar-refractivity contribution in [1.29, 1.82) is 0 Å². The molecule has 136 valence electrons. The number of nitrogens with zero attached hydrogens (tertiary/aromatic N) is 1. The Morgan fingerprint density at radius 1 is 1.12 bits per heavy atom. The van der Waals surface area contributed by atoms with Gasteiger partial charge in [0.2, 0.25) is 0 Å². The zero-order valence-electron chi connectivity index (χ0n) is 15.4. The van der Waals surface area contributed by atoms with E-state index in [2.05, 4.69) is 14.1 Å². The highest BCUT2D eigenvalue weighted by atomic mass is 16.6. The predicted octanol–water partition coefficient (Wildman–Crippen LogP) is 2.99. The molecule has 4 rings (SSSR count). The second-order valence-corrected chi connectivity index (χ2v) is 8.72. The van der Waals surface area contributed by atoms with E-state index in [0.29, 0.717) is 17.6 Å². The van der Waals surface area contributed by atoms with E-state index >= 15 is 0 Å². The Kier molecular flexibility index (Phi) is 4.16. The van der Waals surface area contributed by atoms with Crippen LogP contribution in [-0.2, 0) is 15.1 Å². The number of likely N-dealkylation sites (N-methyl/N-ethyl adjacent to an activating group) is 1. The lowest BCUT2D eigenvalue weighted by molar-refractivity contribution is -0.913. The van der Waals surface area contributed by atoms with E-state index in [1.54, 1.807) is 0 Å². The summed E-state index contributed by atoms with van der Waals surface area (Å²) in [5.41, 5.74) is -0.819. The van der Waals surface area contributed by atoms with Crippen molar-refractivity contribution < 1.29 is 19.1 Å². The summed E-state index contributed by atoms with van der Waals surface area (Å²) in [6.07, 6.45) is 7.13. The van der Waals surface area contributed by atoms with Crippen LogP contribution in [0.3, 0.4) is 0 Å². The van der Waals surface area contributed by atoms with Gasteiger partial charge < -0.3 is 14.3 Å². The Balaban J connectivity index is 1.59. The van der Waals surface area contributed by atoms with Crippen molar-refractivity contribution in [2.45, 2.75) is 68.7 Å². The van der Waals surface area contributed by atoms with Gasteiger partial charge >= 0.3 is 5.97 Å². The van der Waals surface area contributed by atoms with Crippen LogP contribution in [0.5, 0.6) is 0 Å². The number of carbonyl (C=O) groups is 1. The first-order valence-electron chi connectivity index (χ1n) is 9.76. The molecule has 1 saturated carbocycles. The quantitative estimate of drug-likeness (QED) is 0.675. The zero-order chi connectivity index (χ0) is 17.7. The fourth-order valence-corrected chi connectivity index (χ4v) is 5.64. The fourth-order valence-electron chi connectivity index (χ4n) is 5.64. The van der Waals surface area contributed by atoms with Gasteiger partial charge in [0.05, 0.1) is 20.1 Å². The smallest absolute Gasteiger partial charge is 0.343 e. The van der Waals surface area contributed by atoms with Gasteiger partial charge in [-0.1, -0.05) is 43.2 Å². The molecule has 2 aliphatic heterocycles. The summed E-state index contributed by atoms with van der Waals surface area (Å²) in [5.74, 6) is -0.466. The molecular weight excluding hydrogens is 314 g/mol. The van der Waals surface area contributed by atoms with Crippen molar-refractivity contribution in [3.63, 3.8) is 0 Å². The van der Waals surface area contributed by atoms with E-state index in [-0.39, 0.29) is 12.0 Å². The van der Waals surface area contributed by atoms with Gasteiger partial charge in [-0.2, -0.15) is 0 Å². The Morgan fingerprint density at radius 2 is 1.80 bits per heavy atom. The molecule has 0 radical (unpaired) electrons. The molecule has 2 heterocycles. The Labute approximate surface area is 150 Å². The van der Waals surface area contributed by atoms with Crippen LogP contribution < -0.4 is 0 Å². The molecule has 0 spiro atoms. The molecule has 1 aromatic rings. The average Bonchev–Trinajstić information content (AvgIpc) is 3.30. The van der Waals surface area contributed by atoms with Crippen LogP contribution in [0, 0.1) is 5.92 Å². The third-order valence-electron chi connectivity index (χ3n) is 7.25. The molecule has 4 atom stereocenters. The van der Waals surface area contributed by atoms with Gasteiger partial charge in [0.1, 0.15) is 6.04 Å². The molecule has 2 bridgehead atoms. The molecule has 25 heavy (non-hydrogen) atoms. The molecule has 3 fully saturated rings. The normalized spacial score (nSPS) is 33.3. The van der Waals surface area contributed by atoms with Crippen molar-refractivity contribution in [2.24, 2.45) is 5.92 Å². The van der Waals surface area contributed by atoms with Crippen LogP contribution in [0.1, 0.15) is 50.5 Å². The van der Waals surface area contributed by atoms with Gasteiger partial charge in [-0.05, 0) is 18.4 Å². The van der Waals surface area contributed by atoms with Crippen LogP contribution in [0.4, 0.5) is 0 Å². The fraction of sp³-hybridized carbons (Fsp3) is 0.667. The lowest BCUT2D eigenvalue weighted by Gasteiger charge is -2.35. The van der Waals surface area contributed by atoms with Gasteiger partial charge in [-0.3, -0.25) is 0 Å². The molecule has 0 unspecified atom stereocenters. The summed E-state index contributed by atoms with van der Waals surface area (Å²) in [7, 11) is 4.49. The number of fused-ring (bicyclic) bond motifs is 2. The van der Waals surface area contributed by atoms with E-state index in [4.69, 9.17) is 4.74 Å². The first-order valence-corrected chi connectivity index (χ1v) is 9.76. The highest BCUT2D eigenvalue weighted by Gasteiger charge is 2.58. The molecule has 1 N–H and O–H groups in total.